The molecular weight excluding hydrogens is 446 g/mol. The van der Waals surface area contributed by atoms with E-state index in [4.69, 9.17) is 11.6 Å². The molecule has 0 aliphatic carbocycles. The summed E-state index contributed by atoms with van der Waals surface area (Å²) < 4.78 is 2.35. The van der Waals surface area contributed by atoms with Crippen LogP contribution in [0.4, 0.5) is 5.69 Å². The van der Waals surface area contributed by atoms with Crippen LogP contribution in [0.1, 0.15) is 22.3 Å². The SMILES string of the molecule is Cc1cc(C)c(NC(=O)Cn2nc3ccc(SCc4ccc(Cl)cc4)nn3c2=O)c(C)c1. The number of benzene rings is 2. The summed E-state index contributed by atoms with van der Waals surface area (Å²) in [5.74, 6) is 0.374. The molecule has 0 aliphatic heterocycles. The molecule has 0 bridgehead atoms. The van der Waals surface area contributed by atoms with Gasteiger partial charge in [0.05, 0.1) is 0 Å². The number of carbonyl (C=O) groups excluding carboxylic acids is 1. The molecule has 0 saturated carbocycles. The van der Waals surface area contributed by atoms with Gasteiger partial charge in [-0.1, -0.05) is 53.2 Å². The standard InChI is InChI=1S/C23H22ClN5O2S/c1-14-10-15(2)22(16(3)11-14)25-20(30)12-28-23(31)29-19(26-28)8-9-21(27-29)32-13-17-4-6-18(24)7-5-17/h4-11H,12-13H2,1-3H3,(H,25,30). The second kappa shape index (κ2) is 9.18. The summed E-state index contributed by atoms with van der Waals surface area (Å²) >= 11 is 7.42. The lowest BCUT2D eigenvalue weighted by Gasteiger charge is -2.12. The number of fused-ring (bicyclic) bond motifs is 1. The van der Waals surface area contributed by atoms with Crippen LogP contribution in [0.3, 0.4) is 0 Å². The average Bonchev–Trinajstić information content (AvgIpc) is 3.05. The van der Waals surface area contributed by atoms with E-state index in [1.54, 1.807) is 6.07 Å². The Morgan fingerprint density at radius 2 is 1.72 bits per heavy atom. The fourth-order valence-electron chi connectivity index (χ4n) is 3.50. The van der Waals surface area contributed by atoms with E-state index in [2.05, 4.69) is 15.5 Å². The molecule has 0 saturated heterocycles. The summed E-state index contributed by atoms with van der Waals surface area (Å²) in [6.07, 6.45) is 0. The van der Waals surface area contributed by atoms with Gasteiger partial charge in [0.1, 0.15) is 11.6 Å². The van der Waals surface area contributed by atoms with E-state index in [0.29, 0.717) is 21.4 Å². The molecule has 1 amide bonds. The van der Waals surface area contributed by atoms with Crippen molar-refractivity contribution in [2.24, 2.45) is 0 Å². The molecule has 9 heteroatoms. The van der Waals surface area contributed by atoms with Crippen LogP contribution in [0.5, 0.6) is 0 Å². The number of carbonyl (C=O) groups is 1. The number of hydrogen-bond acceptors (Lipinski definition) is 5. The Morgan fingerprint density at radius 1 is 1.03 bits per heavy atom. The van der Waals surface area contributed by atoms with Crippen LogP contribution in [0.25, 0.3) is 5.65 Å². The zero-order valence-corrected chi connectivity index (χ0v) is 19.5. The third-order valence-corrected chi connectivity index (χ3v) is 6.19. The number of nitrogens with zero attached hydrogens (tertiary/aromatic N) is 4. The molecule has 4 aromatic rings. The lowest BCUT2D eigenvalue weighted by Crippen LogP contribution is -2.29. The third kappa shape index (κ3) is 4.87. The van der Waals surface area contributed by atoms with E-state index in [1.807, 2.05) is 63.2 Å². The first-order valence-corrected chi connectivity index (χ1v) is 11.4. The average molecular weight is 468 g/mol. The molecule has 2 aromatic carbocycles. The van der Waals surface area contributed by atoms with Gasteiger partial charge in [-0.2, -0.15) is 9.61 Å². The number of halogens is 1. The Balaban J connectivity index is 1.49. The maximum atomic E-state index is 12.8. The first-order chi connectivity index (χ1) is 15.3. The predicted octanol–water partition coefficient (Wildman–Crippen LogP) is 4.40. The quantitative estimate of drug-likeness (QED) is 0.425. The number of anilines is 1. The maximum Gasteiger partial charge on any atom is 0.367 e. The molecule has 1 N–H and O–H groups in total. The minimum atomic E-state index is -0.457. The van der Waals surface area contributed by atoms with Crippen LogP contribution >= 0.6 is 23.4 Å². The van der Waals surface area contributed by atoms with Crippen molar-refractivity contribution in [3.8, 4) is 0 Å². The van der Waals surface area contributed by atoms with Crippen LogP contribution in [0.2, 0.25) is 5.02 Å². The molecule has 0 fully saturated rings. The fourth-order valence-corrected chi connectivity index (χ4v) is 4.44. The van der Waals surface area contributed by atoms with Gasteiger partial charge in [0, 0.05) is 16.5 Å². The number of hydrogen-bond donors (Lipinski definition) is 1. The lowest BCUT2D eigenvalue weighted by atomic mass is 10.1. The smallest absolute Gasteiger partial charge is 0.324 e. The summed E-state index contributed by atoms with van der Waals surface area (Å²) in [5.41, 5.74) is 4.87. The van der Waals surface area contributed by atoms with Crippen LogP contribution < -0.4 is 11.0 Å². The Hall–Kier alpha value is -3.10. The van der Waals surface area contributed by atoms with E-state index < -0.39 is 5.69 Å². The second-order valence-electron chi connectivity index (χ2n) is 7.62. The molecule has 2 aromatic heterocycles. The highest BCUT2D eigenvalue weighted by molar-refractivity contribution is 7.98. The first-order valence-electron chi connectivity index (χ1n) is 10.0. The topological polar surface area (TPSA) is 81.3 Å². The number of thioether (sulfide) groups is 1. The van der Waals surface area contributed by atoms with E-state index >= 15 is 0 Å². The summed E-state index contributed by atoms with van der Waals surface area (Å²) in [7, 11) is 0. The van der Waals surface area contributed by atoms with Crippen molar-refractivity contribution in [3.05, 3.63) is 86.3 Å². The van der Waals surface area contributed by atoms with Crippen molar-refractivity contribution >= 4 is 40.6 Å². The number of nitrogens with one attached hydrogen (secondary N) is 1. The number of amides is 1. The van der Waals surface area contributed by atoms with Crippen molar-refractivity contribution in [1.29, 1.82) is 0 Å². The zero-order chi connectivity index (χ0) is 22.8. The van der Waals surface area contributed by atoms with Crippen LogP contribution in [-0.2, 0) is 17.1 Å². The third-order valence-electron chi connectivity index (χ3n) is 4.95. The van der Waals surface area contributed by atoms with Gasteiger partial charge in [0.25, 0.3) is 0 Å². The molecule has 2 heterocycles. The van der Waals surface area contributed by atoms with Gasteiger partial charge >= 0.3 is 5.69 Å². The summed E-state index contributed by atoms with van der Waals surface area (Å²) in [6.45, 7) is 5.71. The summed E-state index contributed by atoms with van der Waals surface area (Å²) in [5, 5.41) is 12.9. The molecule has 0 atom stereocenters. The molecule has 0 radical (unpaired) electrons. The van der Waals surface area contributed by atoms with Gasteiger partial charge in [-0.25, -0.2) is 9.48 Å². The molecule has 7 nitrogen and oxygen atoms in total. The molecule has 32 heavy (non-hydrogen) atoms. The van der Waals surface area contributed by atoms with Crippen LogP contribution in [0, 0.1) is 20.8 Å². The van der Waals surface area contributed by atoms with Crippen molar-refractivity contribution < 1.29 is 4.79 Å². The maximum absolute atomic E-state index is 12.8. The van der Waals surface area contributed by atoms with Crippen molar-refractivity contribution in [1.82, 2.24) is 19.4 Å². The molecule has 164 valence electrons. The summed E-state index contributed by atoms with van der Waals surface area (Å²) in [4.78, 5) is 25.4. The molecular formula is C23H22ClN5O2S. The van der Waals surface area contributed by atoms with Gasteiger partial charge in [-0.15, -0.1) is 5.10 Å². The van der Waals surface area contributed by atoms with Crippen molar-refractivity contribution in [3.63, 3.8) is 0 Å². The summed E-state index contributed by atoms with van der Waals surface area (Å²) in [6, 6.07) is 15.1. The van der Waals surface area contributed by atoms with Crippen LogP contribution in [-0.4, -0.2) is 25.3 Å². The number of aromatic nitrogens is 4. The second-order valence-corrected chi connectivity index (χ2v) is 9.05. The van der Waals surface area contributed by atoms with E-state index in [0.717, 1.165) is 32.6 Å². The number of aryl methyl sites for hydroxylation is 3. The van der Waals surface area contributed by atoms with Gasteiger partial charge < -0.3 is 5.32 Å². The fraction of sp³-hybridized carbons (Fsp3) is 0.217. The Bertz CT molecular complexity index is 1340. The van der Waals surface area contributed by atoms with Gasteiger partial charge in [0.15, 0.2) is 5.65 Å². The molecule has 0 spiro atoms. The molecule has 0 unspecified atom stereocenters. The van der Waals surface area contributed by atoms with Crippen LogP contribution in [0.15, 0.2) is 58.4 Å². The molecule has 4 rings (SSSR count). The van der Waals surface area contributed by atoms with Crippen molar-refractivity contribution in [2.45, 2.75) is 38.1 Å². The Labute approximate surface area is 194 Å². The van der Waals surface area contributed by atoms with E-state index in [9.17, 15) is 9.59 Å². The van der Waals surface area contributed by atoms with E-state index in [1.165, 1.54) is 16.3 Å². The van der Waals surface area contributed by atoms with Gasteiger partial charge in [-0.3, -0.25) is 4.79 Å². The first kappa shape index (κ1) is 22.1. The minimum absolute atomic E-state index is 0.192. The largest absolute Gasteiger partial charge is 0.367 e. The normalized spacial score (nSPS) is 11.1. The highest BCUT2D eigenvalue weighted by Gasteiger charge is 2.14. The van der Waals surface area contributed by atoms with E-state index in [-0.39, 0.29) is 12.5 Å². The lowest BCUT2D eigenvalue weighted by molar-refractivity contribution is -0.117. The monoisotopic (exact) mass is 467 g/mol. The zero-order valence-electron chi connectivity index (χ0n) is 17.9. The van der Waals surface area contributed by atoms with Gasteiger partial charge in [-0.05, 0) is 61.7 Å². The van der Waals surface area contributed by atoms with Gasteiger partial charge in [0.2, 0.25) is 5.91 Å². The highest BCUT2D eigenvalue weighted by atomic mass is 35.5. The molecule has 0 aliphatic rings. The minimum Gasteiger partial charge on any atom is -0.324 e. The van der Waals surface area contributed by atoms with Crippen molar-refractivity contribution in [2.75, 3.05) is 5.32 Å². The Kier molecular flexibility index (Phi) is 6.34. The number of rotatable bonds is 6. The highest BCUT2D eigenvalue weighted by Crippen LogP contribution is 2.23. The predicted molar refractivity (Wildman–Crippen MR) is 128 cm³/mol. The Morgan fingerprint density at radius 3 is 2.41 bits per heavy atom.